The van der Waals surface area contributed by atoms with Gasteiger partial charge in [-0.3, -0.25) is 9.69 Å². The van der Waals surface area contributed by atoms with Gasteiger partial charge in [0.05, 0.1) is 13.2 Å². The number of carbonyl (C=O) groups excluding carboxylic acids is 2. The second kappa shape index (κ2) is 5.60. The van der Waals surface area contributed by atoms with Gasteiger partial charge in [0.15, 0.2) is 0 Å². The van der Waals surface area contributed by atoms with Gasteiger partial charge >= 0.3 is 6.03 Å². The number of hydrogen-bond acceptors (Lipinski definition) is 3. The summed E-state index contributed by atoms with van der Waals surface area (Å²) in [5.74, 6) is -0.358. The quantitative estimate of drug-likeness (QED) is 0.868. The lowest BCUT2D eigenvalue weighted by atomic mass is 9.92. The van der Waals surface area contributed by atoms with Crippen molar-refractivity contribution in [2.45, 2.75) is 12.5 Å². The van der Waals surface area contributed by atoms with Gasteiger partial charge in [-0.05, 0) is 19.1 Å². The van der Waals surface area contributed by atoms with E-state index in [1.54, 1.807) is 25.1 Å². The summed E-state index contributed by atoms with van der Waals surface area (Å²) in [6, 6.07) is 4.36. The molecule has 1 heterocycles. The van der Waals surface area contributed by atoms with Gasteiger partial charge in [0.25, 0.3) is 5.91 Å². The second-order valence-corrected chi connectivity index (χ2v) is 5.47. The molecule has 108 valence electrons. The van der Waals surface area contributed by atoms with Crippen LogP contribution >= 0.6 is 23.2 Å². The standard InChI is InChI=1S/C13H14Cl2N2O3/c1-13(9-4-3-8(14)7-10(9)15)11(18)17(5-6-20-2)12(19)16-13/h3-4,7H,5-6H2,1-2H3,(H,16,19). The Balaban J connectivity index is 2.35. The van der Waals surface area contributed by atoms with Crippen LogP contribution in [-0.4, -0.2) is 37.1 Å². The van der Waals surface area contributed by atoms with E-state index in [1.165, 1.54) is 7.11 Å². The van der Waals surface area contributed by atoms with Crippen LogP contribution in [-0.2, 0) is 15.1 Å². The molecule has 0 bridgehead atoms. The zero-order valence-corrected chi connectivity index (χ0v) is 12.6. The predicted octanol–water partition coefficient (Wildman–Crippen LogP) is 2.41. The van der Waals surface area contributed by atoms with Crippen molar-refractivity contribution < 1.29 is 14.3 Å². The minimum absolute atomic E-state index is 0.196. The van der Waals surface area contributed by atoms with Gasteiger partial charge in [0.2, 0.25) is 0 Å². The molecule has 1 atom stereocenters. The van der Waals surface area contributed by atoms with Crippen LogP contribution in [0.5, 0.6) is 0 Å². The molecule has 7 heteroatoms. The van der Waals surface area contributed by atoms with Crippen LogP contribution in [0.4, 0.5) is 4.79 Å². The fourth-order valence-corrected chi connectivity index (χ4v) is 2.76. The zero-order valence-electron chi connectivity index (χ0n) is 11.1. The van der Waals surface area contributed by atoms with Crippen LogP contribution in [0.1, 0.15) is 12.5 Å². The number of carbonyl (C=O) groups is 2. The van der Waals surface area contributed by atoms with Crippen molar-refractivity contribution in [1.29, 1.82) is 0 Å². The minimum atomic E-state index is -1.19. The molecule has 1 unspecified atom stereocenters. The van der Waals surface area contributed by atoms with Crippen LogP contribution in [0.25, 0.3) is 0 Å². The summed E-state index contributed by atoms with van der Waals surface area (Å²) in [5, 5.41) is 3.47. The summed E-state index contributed by atoms with van der Waals surface area (Å²) < 4.78 is 4.90. The summed E-state index contributed by atoms with van der Waals surface area (Å²) in [6.07, 6.45) is 0. The molecule has 0 saturated carbocycles. The first kappa shape index (κ1) is 15.1. The van der Waals surface area contributed by atoms with Crippen LogP contribution in [0.2, 0.25) is 10.0 Å². The summed E-state index contributed by atoms with van der Waals surface area (Å²) in [5.41, 5.74) is -0.672. The van der Waals surface area contributed by atoms with E-state index in [2.05, 4.69) is 5.32 Å². The van der Waals surface area contributed by atoms with Gasteiger partial charge in [-0.15, -0.1) is 0 Å². The summed E-state index contributed by atoms with van der Waals surface area (Å²) >= 11 is 12.0. The third-order valence-electron chi connectivity index (χ3n) is 3.26. The second-order valence-electron chi connectivity index (χ2n) is 4.63. The first-order valence-electron chi connectivity index (χ1n) is 5.98. The zero-order chi connectivity index (χ0) is 14.9. The van der Waals surface area contributed by atoms with Crippen LogP contribution in [0, 0.1) is 0 Å². The number of rotatable bonds is 4. The van der Waals surface area contributed by atoms with Crippen molar-refractivity contribution in [1.82, 2.24) is 10.2 Å². The number of benzene rings is 1. The van der Waals surface area contributed by atoms with Crippen molar-refractivity contribution in [3.05, 3.63) is 33.8 Å². The van der Waals surface area contributed by atoms with Crippen molar-refractivity contribution in [3.63, 3.8) is 0 Å². The third kappa shape index (κ3) is 2.49. The van der Waals surface area contributed by atoms with Gasteiger partial charge in [-0.2, -0.15) is 0 Å². The fraction of sp³-hybridized carbons (Fsp3) is 0.385. The molecule has 1 aliphatic heterocycles. The summed E-state index contributed by atoms with van der Waals surface area (Å²) in [6.45, 7) is 2.10. The van der Waals surface area contributed by atoms with E-state index in [4.69, 9.17) is 27.9 Å². The first-order chi connectivity index (χ1) is 9.40. The Bertz CT molecular complexity index is 565. The topological polar surface area (TPSA) is 58.6 Å². The third-order valence-corrected chi connectivity index (χ3v) is 3.81. The van der Waals surface area contributed by atoms with E-state index in [1.807, 2.05) is 0 Å². The van der Waals surface area contributed by atoms with E-state index in [9.17, 15) is 9.59 Å². The molecule has 20 heavy (non-hydrogen) atoms. The first-order valence-corrected chi connectivity index (χ1v) is 6.74. The molecule has 0 aliphatic carbocycles. The maximum atomic E-state index is 12.5. The number of methoxy groups -OCH3 is 1. The summed E-state index contributed by atoms with van der Waals surface area (Å²) in [7, 11) is 1.51. The van der Waals surface area contributed by atoms with Gasteiger partial charge in [-0.1, -0.05) is 29.3 Å². The van der Waals surface area contributed by atoms with E-state index >= 15 is 0 Å². The lowest BCUT2D eigenvalue weighted by Gasteiger charge is -2.23. The number of halogens is 2. The van der Waals surface area contributed by atoms with Crippen LogP contribution in [0.3, 0.4) is 0 Å². The molecule has 0 aromatic heterocycles. The normalized spacial score (nSPS) is 22.3. The van der Waals surface area contributed by atoms with E-state index in [0.29, 0.717) is 15.6 Å². The largest absolute Gasteiger partial charge is 0.383 e. The van der Waals surface area contributed by atoms with E-state index in [0.717, 1.165) is 4.90 Å². The number of amides is 3. The number of imide groups is 1. The fourth-order valence-electron chi connectivity index (χ4n) is 2.16. The molecule has 1 saturated heterocycles. The Labute approximate surface area is 126 Å². The van der Waals surface area contributed by atoms with Crippen molar-refractivity contribution in [2.75, 3.05) is 20.3 Å². The van der Waals surface area contributed by atoms with Gasteiger partial charge in [-0.25, -0.2) is 4.79 Å². The molecular formula is C13H14Cl2N2O3. The number of ether oxygens (including phenoxy) is 1. The number of hydrogen-bond donors (Lipinski definition) is 1. The monoisotopic (exact) mass is 316 g/mol. The van der Waals surface area contributed by atoms with Crippen molar-refractivity contribution >= 4 is 35.1 Å². The Morgan fingerprint density at radius 1 is 1.35 bits per heavy atom. The lowest BCUT2D eigenvalue weighted by molar-refractivity contribution is -0.131. The highest BCUT2D eigenvalue weighted by molar-refractivity contribution is 6.35. The number of urea groups is 1. The summed E-state index contributed by atoms with van der Waals surface area (Å²) in [4.78, 5) is 25.5. The Morgan fingerprint density at radius 3 is 2.65 bits per heavy atom. The molecule has 0 spiro atoms. The molecule has 1 fully saturated rings. The van der Waals surface area contributed by atoms with E-state index < -0.39 is 11.6 Å². The molecular weight excluding hydrogens is 303 g/mol. The lowest BCUT2D eigenvalue weighted by Crippen LogP contribution is -2.41. The molecule has 5 nitrogen and oxygen atoms in total. The molecule has 1 aliphatic rings. The van der Waals surface area contributed by atoms with Gasteiger partial charge in [0.1, 0.15) is 5.54 Å². The molecule has 1 aromatic rings. The smallest absolute Gasteiger partial charge is 0.325 e. The SMILES string of the molecule is COCCN1C(=O)NC(C)(c2ccc(Cl)cc2Cl)C1=O. The maximum absolute atomic E-state index is 12.5. The van der Waals surface area contributed by atoms with E-state index in [-0.39, 0.29) is 19.1 Å². The van der Waals surface area contributed by atoms with Crippen LogP contribution in [0.15, 0.2) is 18.2 Å². The Hall–Kier alpha value is -1.30. The highest BCUT2D eigenvalue weighted by Crippen LogP contribution is 2.34. The molecule has 1 aromatic carbocycles. The molecule has 1 N–H and O–H groups in total. The van der Waals surface area contributed by atoms with Crippen LogP contribution < -0.4 is 5.32 Å². The number of nitrogens with one attached hydrogen (secondary N) is 1. The number of nitrogens with zero attached hydrogens (tertiary/aromatic N) is 1. The predicted molar refractivity (Wildman–Crippen MR) is 75.9 cm³/mol. The maximum Gasteiger partial charge on any atom is 0.325 e. The Kier molecular flexibility index (Phi) is 4.22. The minimum Gasteiger partial charge on any atom is -0.383 e. The van der Waals surface area contributed by atoms with Gasteiger partial charge < -0.3 is 10.1 Å². The van der Waals surface area contributed by atoms with Crippen molar-refractivity contribution in [3.8, 4) is 0 Å². The van der Waals surface area contributed by atoms with Gasteiger partial charge in [0, 0.05) is 22.7 Å². The van der Waals surface area contributed by atoms with Crippen molar-refractivity contribution in [2.24, 2.45) is 0 Å². The molecule has 2 rings (SSSR count). The average molecular weight is 317 g/mol. The Morgan fingerprint density at radius 2 is 2.05 bits per heavy atom. The highest BCUT2D eigenvalue weighted by atomic mass is 35.5. The molecule has 0 radical (unpaired) electrons. The highest BCUT2D eigenvalue weighted by Gasteiger charge is 2.49. The molecule has 3 amide bonds. The average Bonchev–Trinajstić information content (AvgIpc) is 2.59.